The van der Waals surface area contributed by atoms with Crippen LogP contribution in [0.25, 0.3) is 22.6 Å². The number of rotatable bonds is 2. The maximum Gasteiger partial charge on any atom is 0.336 e. The van der Waals surface area contributed by atoms with Gasteiger partial charge in [0.15, 0.2) is 0 Å². The van der Waals surface area contributed by atoms with Gasteiger partial charge in [-0.05, 0) is 59.7 Å². The van der Waals surface area contributed by atoms with Crippen LogP contribution in [0, 0.1) is 5.92 Å². The van der Waals surface area contributed by atoms with E-state index in [1.54, 1.807) is 12.1 Å². The summed E-state index contributed by atoms with van der Waals surface area (Å²) in [6, 6.07) is 12.8. The van der Waals surface area contributed by atoms with Gasteiger partial charge in [0, 0.05) is 15.4 Å². The molecule has 1 heterocycles. The molecule has 0 saturated heterocycles. The lowest BCUT2D eigenvalue weighted by molar-refractivity contribution is 0.0697. The van der Waals surface area contributed by atoms with E-state index in [1.807, 2.05) is 36.4 Å². The van der Waals surface area contributed by atoms with Crippen molar-refractivity contribution < 1.29 is 9.90 Å². The summed E-state index contributed by atoms with van der Waals surface area (Å²) >= 11 is 12.3. The van der Waals surface area contributed by atoms with Gasteiger partial charge in [0.1, 0.15) is 0 Å². The molecule has 0 bridgehead atoms. The molecule has 1 N–H and O–H groups in total. The molecular formula is C22H17Cl2NO2. The van der Waals surface area contributed by atoms with Crippen LogP contribution in [0.4, 0.5) is 0 Å². The van der Waals surface area contributed by atoms with E-state index in [0.717, 1.165) is 28.8 Å². The Bertz CT molecular complexity index is 1100. The fourth-order valence-electron chi connectivity index (χ4n) is 3.79. The van der Waals surface area contributed by atoms with E-state index in [0.29, 0.717) is 38.9 Å². The molecule has 1 aliphatic carbocycles. The molecule has 3 nitrogen and oxygen atoms in total. The van der Waals surface area contributed by atoms with Crippen LogP contribution in [-0.2, 0) is 6.42 Å². The van der Waals surface area contributed by atoms with Crippen LogP contribution in [-0.4, -0.2) is 16.1 Å². The average Bonchev–Trinajstić information content (AvgIpc) is 2.62. The first-order valence-electron chi connectivity index (χ1n) is 8.75. The van der Waals surface area contributed by atoms with Crippen molar-refractivity contribution in [1.29, 1.82) is 0 Å². The molecule has 0 amide bonds. The molecule has 1 aliphatic rings. The Balaban J connectivity index is 1.99. The van der Waals surface area contributed by atoms with Gasteiger partial charge in [0.05, 0.1) is 16.8 Å². The Hall–Kier alpha value is -2.36. The fourth-order valence-corrected chi connectivity index (χ4v) is 4.25. The second-order valence-corrected chi connectivity index (χ2v) is 7.83. The van der Waals surface area contributed by atoms with Crippen LogP contribution in [0.15, 0.2) is 42.5 Å². The van der Waals surface area contributed by atoms with Crippen LogP contribution < -0.4 is 0 Å². The van der Waals surface area contributed by atoms with Gasteiger partial charge >= 0.3 is 5.97 Å². The number of aromatic carboxylic acids is 1. The molecule has 0 radical (unpaired) electrons. The summed E-state index contributed by atoms with van der Waals surface area (Å²) in [5.74, 6) is -0.598. The lowest BCUT2D eigenvalue weighted by atomic mass is 9.80. The highest BCUT2D eigenvalue weighted by atomic mass is 35.5. The van der Waals surface area contributed by atoms with Crippen LogP contribution in [0.2, 0.25) is 10.0 Å². The Morgan fingerprint density at radius 1 is 1.19 bits per heavy atom. The van der Waals surface area contributed by atoms with E-state index in [2.05, 4.69) is 6.92 Å². The number of benzene rings is 2. The zero-order valence-electron chi connectivity index (χ0n) is 14.7. The second-order valence-electron chi connectivity index (χ2n) is 6.99. The Morgan fingerprint density at radius 3 is 2.70 bits per heavy atom. The zero-order valence-corrected chi connectivity index (χ0v) is 16.2. The number of aromatic nitrogens is 1. The summed E-state index contributed by atoms with van der Waals surface area (Å²) in [7, 11) is 0. The molecule has 4 rings (SSSR count). The molecule has 3 aromatic rings. The molecule has 5 heteroatoms. The summed E-state index contributed by atoms with van der Waals surface area (Å²) in [6.45, 7) is 2.13. The number of hydrogen-bond donors (Lipinski definition) is 1. The van der Waals surface area contributed by atoms with Crippen LogP contribution in [0.1, 0.15) is 40.5 Å². The Morgan fingerprint density at radius 2 is 1.96 bits per heavy atom. The van der Waals surface area contributed by atoms with Gasteiger partial charge in [-0.25, -0.2) is 9.78 Å². The standard InChI is InChI=1S/C22H17Cl2NO2/c1-12-8-14(10-13-6-7-15(23)11-18(13)24)21-17(9-12)20(22(26)27)16-4-2-3-5-19(16)25-21/h2-7,10-12H,8-9H2,1H3,(H,26,27). The number of allylic oxidation sites excluding steroid dienone is 1. The van der Waals surface area contributed by atoms with Gasteiger partial charge in [-0.2, -0.15) is 0 Å². The predicted octanol–water partition coefficient (Wildman–Crippen LogP) is 6.36. The monoisotopic (exact) mass is 397 g/mol. The maximum atomic E-state index is 12.1. The normalized spacial score (nSPS) is 17.9. The number of hydrogen-bond acceptors (Lipinski definition) is 2. The van der Waals surface area contributed by atoms with E-state index in [1.165, 1.54) is 0 Å². The third-order valence-electron chi connectivity index (χ3n) is 4.92. The molecule has 0 fully saturated rings. The largest absolute Gasteiger partial charge is 0.478 e. The van der Waals surface area contributed by atoms with E-state index >= 15 is 0 Å². The van der Waals surface area contributed by atoms with Crippen molar-refractivity contribution >= 4 is 51.7 Å². The summed E-state index contributed by atoms with van der Waals surface area (Å²) < 4.78 is 0. The third-order valence-corrected chi connectivity index (χ3v) is 5.49. The first-order valence-corrected chi connectivity index (χ1v) is 9.50. The van der Waals surface area contributed by atoms with Crippen molar-refractivity contribution in [3.63, 3.8) is 0 Å². The van der Waals surface area contributed by atoms with E-state index < -0.39 is 5.97 Å². The van der Waals surface area contributed by atoms with Crippen molar-refractivity contribution in [2.75, 3.05) is 0 Å². The van der Waals surface area contributed by atoms with Crippen LogP contribution in [0.5, 0.6) is 0 Å². The van der Waals surface area contributed by atoms with Crippen molar-refractivity contribution in [2.24, 2.45) is 5.92 Å². The van der Waals surface area contributed by atoms with Crippen molar-refractivity contribution in [1.82, 2.24) is 4.98 Å². The number of nitrogens with zero attached hydrogens (tertiary/aromatic N) is 1. The lowest BCUT2D eigenvalue weighted by Gasteiger charge is -2.26. The molecular weight excluding hydrogens is 381 g/mol. The molecule has 1 aromatic heterocycles. The number of carboxylic acid groups (broad SMARTS) is 1. The number of halogens is 2. The minimum atomic E-state index is -0.914. The van der Waals surface area contributed by atoms with Crippen LogP contribution >= 0.6 is 23.2 Å². The molecule has 1 atom stereocenters. The Kier molecular flexibility index (Phi) is 4.67. The van der Waals surface area contributed by atoms with E-state index in [-0.39, 0.29) is 0 Å². The quantitative estimate of drug-likeness (QED) is 0.546. The first-order chi connectivity index (χ1) is 12.9. The predicted molar refractivity (Wildman–Crippen MR) is 111 cm³/mol. The average molecular weight is 398 g/mol. The summed E-state index contributed by atoms with van der Waals surface area (Å²) in [4.78, 5) is 16.9. The minimum absolute atomic E-state index is 0.316. The number of carboxylic acids is 1. The number of fused-ring (bicyclic) bond motifs is 2. The molecule has 0 saturated carbocycles. The number of para-hydroxylation sites is 1. The maximum absolute atomic E-state index is 12.1. The summed E-state index contributed by atoms with van der Waals surface area (Å²) in [6.07, 6.45) is 3.51. The molecule has 27 heavy (non-hydrogen) atoms. The first kappa shape index (κ1) is 18.0. The highest BCUT2D eigenvalue weighted by Crippen LogP contribution is 2.39. The van der Waals surface area contributed by atoms with Gasteiger partial charge in [-0.15, -0.1) is 0 Å². The lowest BCUT2D eigenvalue weighted by Crippen LogP contribution is -2.17. The van der Waals surface area contributed by atoms with Gasteiger partial charge in [0.2, 0.25) is 0 Å². The van der Waals surface area contributed by atoms with Gasteiger partial charge < -0.3 is 5.11 Å². The third kappa shape index (κ3) is 3.33. The SMILES string of the molecule is CC1CC(=Cc2ccc(Cl)cc2Cl)c2nc3ccccc3c(C(=O)O)c2C1. The highest BCUT2D eigenvalue weighted by molar-refractivity contribution is 6.35. The second kappa shape index (κ2) is 6.99. The van der Waals surface area contributed by atoms with E-state index in [9.17, 15) is 9.90 Å². The summed E-state index contributed by atoms with van der Waals surface area (Å²) in [5.41, 5.74) is 4.46. The molecule has 0 spiro atoms. The van der Waals surface area contributed by atoms with Crippen molar-refractivity contribution in [3.8, 4) is 0 Å². The molecule has 1 unspecified atom stereocenters. The van der Waals surface area contributed by atoms with Crippen molar-refractivity contribution in [2.45, 2.75) is 19.8 Å². The van der Waals surface area contributed by atoms with Gasteiger partial charge in [-0.3, -0.25) is 0 Å². The van der Waals surface area contributed by atoms with E-state index in [4.69, 9.17) is 28.2 Å². The molecule has 2 aromatic carbocycles. The van der Waals surface area contributed by atoms with Crippen LogP contribution in [0.3, 0.4) is 0 Å². The zero-order chi connectivity index (χ0) is 19.1. The summed E-state index contributed by atoms with van der Waals surface area (Å²) in [5, 5.41) is 11.7. The minimum Gasteiger partial charge on any atom is -0.478 e. The molecule has 136 valence electrons. The number of carbonyl (C=O) groups is 1. The molecule has 0 aliphatic heterocycles. The fraction of sp³-hybridized carbons (Fsp3) is 0.182. The topological polar surface area (TPSA) is 50.2 Å². The highest BCUT2D eigenvalue weighted by Gasteiger charge is 2.28. The smallest absolute Gasteiger partial charge is 0.336 e. The number of pyridine rings is 1. The Labute approximate surface area is 167 Å². The van der Waals surface area contributed by atoms with Crippen molar-refractivity contribution in [3.05, 3.63) is 74.9 Å². The van der Waals surface area contributed by atoms with Gasteiger partial charge in [0.25, 0.3) is 0 Å². The van der Waals surface area contributed by atoms with Gasteiger partial charge in [-0.1, -0.05) is 54.4 Å².